The minimum Gasteiger partial charge on any atom is -0.501 e. The number of rotatable bonds is 4. The Morgan fingerprint density at radius 1 is 0.765 bits per heavy atom. The summed E-state index contributed by atoms with van der Waals surface area (Å²) >= 11 is 1.61. The number of hydrogen-bond donors (Lipinski definition) is 0. The van der Waals surface area contributed by atoms with Crippen LogP contribution in [0.3, 0.4) is 0 Å². The number of fused-ring (bicyclic) bond motifs is 2. The first-order valence-corrected chi connectivity index (χ1v) is 11.1. The van der Waals surface area contributed by atoms with E-state index >= 15 is 0 Å². The van der Waals surface area contributed by atoms with Crippen LogP contribution in [0.1, 0.15) is 0 Å². The fourth-order valence-electron chi connectivity index (χ4n) is 3.81. The molecule has 0 spiro atoms. The van der Waals surface area contributed by atoms with Gasteiger partial charge in [0.15, 0.2) is 0 Å². The Labute approximate surface area is 216 Å². The Bertz CT molecular complexity index is 1230. The molecule has 0 saturated heterocycles. The van der Waals surface area contributed by atoms with Crippen molar-refractivity contribution in [2.24, 2.45) is 0 Å². The van der Waals surface area contributed by atoms with E-state index in [1.54, 1.807) is 30.5 Å². The van der Waals surface area contributed by atoms with Crippen molar-refractivity contribution < 1.29 is 21.1 Å². The van der Waals surface area contributed by atoms with Crippen LogP contribution in [-0.4, -0.2) is 34.0 Å². The number of nitrogens with zero attached hydrogens (tertiary/aromatic N) is 8. The molecule has 0 aliphatic carbocycles. The van der Waals surface area contributed by atoms with Gasteiger partial charge in [-0.3, -0.25) is 0 Å². The van der Waals surface area contributed by atoms with E-state index in [0.717, 1.165) is 44.3 Å². The minimum absolute atomic E-state index is 0. The molecule has 4 heterocycles. The third kappa shape index (κ3) is 3.99. The van der Waals surface area contributed by atoms with Crippen molar-refractivity contribution in [3.05, 3.63) is 86.8 Å². The molecule has 170 valence electrons. The average molecular weight is 646 g/mol. The number of anilines is 6. The summed E-state index contributed by atoms with van der Waals surface area (Å²) in [6, 6.07) is 19.2. The second-order valence-corrected chi connectivity index (χ2v) is 8.61. The molecule has 2 aromatic carbocycles. The van der Waals surface area contributed by atoms with Crippen LogP contribution in [0, 0.1) is 25.5 Å². The fourth-order valence-corrected chi connectivity index (χ4v) is 4.65. The van der Waals surface area contributed by atoms with Gasteiger partial charge in [-0.1, -0.05) is 0 Å². The van der Waals surface area contributed by atoms with Crippen molar-refractivity contribution in [3.63, 3.8) is 0 Å². The summed E-state index contributed by atoms with van der Waals surface area (Å²) in [7, 11) is 3.94. The Morgan fingerprint density at radius 2 is 1.38 bits per heavy atom. The maximum absolute atomic E-state index is 4.50. The minimum atomic E-state index is 0. The average Bonchev–Trinajstić information content (AvgIpc) is 3.37. The van der Waals surface area contributed by atoms with Gasteiger partial charge in [-0.2, -0.15) is 30.9 Å². The van der Waals surface area contributed by atoms with Crippen molar-refractivity contribution in [2.75, 3.05) is 33.7 Å². The van der Waals surface area contributed by atoms with Gasteiger partial charge in [-0.05, 0) is 14.1 Å². The van der Waals surface area contributed by atoms with E-state index in [1.165, 1.54) is 0 Å². The molecule has 0 saturated carbocycles. The van der Waals surface area contributed by atoms with Gasteiger partial charge >= 0.3 is 21.1 Å². The number of aromatic nitrogens is 4. The number of benzene rings is 2. The SMILES string of the molecule is CN1[CH-]N(c2[c-]c(Sc3[c-]c(N4[CH-]N(C)c5nccnc54)ccc3)ccc2)c2ncncc21.[Pt+4]. The first-order valence-electron chi connectivity index (χ1n) is 10.2. The van der Waals surface area contributed by atoms with E-state index in [4.69, 9.17) is 0 Å². The second kappa shape index (κ2) is 9.23. The molecule has 10 heteroatoms. The monoisotopic (exact) mass is 645 g/mol. The van der Waals surface area contributed by atoms with Crippen molar-refractivity contribution >= 4 is 46.3 Å². The van der Waals surface area contributed by atoms with Crippen LogP contribution in [0.15, 0.2) is 71.1 Å². The van der Waals surface area contributed by atoms with Gasteiger partial charge in [0.05, 0.1) is 11.9 Å². The van der Waals surface area contributed by atoms with Crippen molar-refractivity contribution in [1.82, 2.24) is 19.9 Å². The molecule has 2 aromatic heterocycles. The number of hydrogen-bond acceptors (Lipinski definition) is 9. The Hall–Kier alpha value is -3.16. The molecule has 4 aromatic rings. The zero-order chi connectivity index (χ0) is 22.4. The van der Waals surface area contributed by atoms with Gasteiger partial charge in [-0.15, -0.1) is 63.9 Å². The molecule has 8 nitrogen and oxygen atoms in total. The third-order valence-electron chi connectivity index (χ3n) is 5.33. The van der Waals surface area contributed by atoms with Gasteiger partial charge in [-0.25, -0.2) is 19.9 Å². The maximum Gasteiger partial charge on any atom is 4.00 e. The molecule has 0 bridgehead atoms. The van der Waals surface area contributed by atoms with Gasteiger partial charge in [0.25, 0.3) is 0 Å². The van der Waals surface area contributed by atoms with Crippen LogP contribution >= 0.6 is 11.8 Å². The van der Waals surface area contributed by atoms with Gasteiger partial charge in [0.1, 0.15) is 23.8 Å². The Balaban J connectivity index is 0.00000241. The predicted octanol–water partition coefficient (Wildman–Crippen LogP) is 4.43. The van der Waals surface area contributed by atoms with E-state index in [0.29, 0.717) is 0 Å². The van der Waals surface area contributed by atoms with E-state index < -0.39 is 0 Å². The van der Waals surface area contributed by atoms with E-state index in [9.17, 15) is 0 Å². The molecule has 2 aliphatic rings. The van der Waals surface area contributed by atoms with Crippen LogP contribution in [0.2, 0.25) is 0 Å². The first-order chi connectivity index (χ1) is 16.2. The molecule has 6 rings (SSSR count). The van der Waals surface area contributed by atoms with E-state index in [2.05, 4.69) is 32.1 Å². The fraction of sp³-hybridized carbons (Fsp3) is 0.0833. The van der Waals surface area contributed by atoms with Crippen LogP contribution in [-0.2, 0) is 21.1 Å². The molecule has 0 N–H and O–H groups in total. The molecule has 34 heavy (non-hydrogen) atoms. The van der Waals surface area contributed by atoms with E-state index in [1.807, 2.05) is 89.6 Å². The molecule has 0 fully saturated rings. The summed E-state index contributed by atoms with van der Waals surface area (Å²) in [4.78, 5) is 27.4. The second-order valence-electron chi connectivity index (χ2n) is 7.53. The predicted molar refractivity (Wildman–Crippen MR) is 128 cm³/mol. The van der Waals surface area contributed by atoms with E-state index in [-0.39, 0.29) is 21.1 Å². The molecule has 2 aliphatic heterocycles. The smallest absolute Gasteiger partial charge is 0.501 e. The van der Waals surface area contributed by atoms with Gasteiger partial charge < -0.3 is 19.6 Å². The van der Waals surface area contributed by atoms with Crippen LogP contribution in [0.4, 0.5) is 34.5 Å². The van der Waals surface area contributed by atoms with Crippen LogP contribution < -0.4 is 19.6 Å². The summed E-state index contributed by atoms with van der Waals surface area (Å²) < 4.78 is 0. The zero-order valence-corrected chi connectivity index (χ0v) is 21.3. The Morgan fingerprint density at radius 3 is 2.09 bits per heavy atom. The quantitative estimate of drug-likeness (QED) is 0.300. The normalized spacial score (nSPS) is 14.2. The standard InChI is InChI=1S/C24H18N8S.Pt/c1-29-15-31(22-21(29)13-25-14-28-22)17-5-3-7-19(11-17)33-20-8-4-6-18(12-20)32-16-30(2)23-24(32)27-10-9-26-23;/h3-10,13-16H,1-2H3;/q-4;+4. The molecule has 0 radical (unpaired) electrons. The summed E-state index contributed by atoms with van der Waals surface area (Å²) in [6.07, 6.45) is 6.78. The largest absolute Gasteiger partial charge is 4.00 e. The van der Waals surface area contributed by atoms with Crippen molar-refractivity contribution in [2.45, 2.75) is 9.79 Å². The first kappa shape index (κ1) is 22.6. The van der Waals surface area contributed by atoms with Crippen molar-refractivity contribution in [3.8, 4) is 0 Å². The molecule has 0 unspecified atom stereocenters. The van der Waals surface area contributed by atoms with Crippen LogP contribution in [0.5, 0.6) is 0 Å². The molecule has 0 amide bonds. The van der Waals surface area contributed by atoms with Crippen LogP contribution in [0.25, 0.3) is 0 Å². The maximum atomic E-state index is 4.50. The Kier molecular flexibility index (Phi) is 6.14. The summed E-state index contributed by atoms with van der Waals surface area (Å²) in [6.45, 7) is 3.96. The summed E-state index contributed by atoms with van der Waals surface area (Å²) in [5, 5.41) is 0. The molecular weight excluding hydrogens is 627 g/mol. The summed E-state index contributed by atoms with van der Waals surface area (Å²) in [5.41, 5.74) is 2.78. The third-order valence-corrected chi connectivity index (χ3v) is 6.24. The van der Waals surface area contributed by atoms with Gasteiger partial charge in [0, 0.05) is 12.4 Å². The van der Waals surface area contributed by atoms with Crippen molar-refractivity contribution in [1.29, 1.82) is 0 Å². The zero-order valence-electron chi connectivity index (χ0n) is 18.2. The molecular formula is C24H18N8PtS. The van der Waals surface area contributed by atoms with Gasteiger partial charge in [0.2, 0.25) is 0 Å². The topological polar surface area (TPSA) is 64.5 Å². The molecule has 0 atom stereocenters. The summed E-state index contributed by atoms with van der Waals surface area (Å²) in [5.74, 6) is 2.45.